The first-order valence-corrected chi connectivity index (χ1v) is 4.04. The minimum absolute atomic E-state index is 0.538. The molecule has 0 radical (unpaired) electrons. The summed E-state index contributed by atoms with van der Waals surface area (Å²) in [5.74, 6) is -1.70. The number of carboxylic acid groups (broad SMARTS) is 1. The first-order valence-electron chi connectivity index (χ1n) is 4.04. The Balaban J connectivity index is 2.69. The molecule has 0 aliphatic heterocycles. The largest absolute Gasteiger partial charge is 0.481 e. The molecule has 6 nitrogen and oxygen atoms in total. The predicted octanol–water partition coefficient (Wildman–Crippen LogP) is 0.440. The first-order chi connectivity index (χ1) is 6.50. The number of nitrogens with one attached hydrogen (secondary N) is 2. The number of aromatic amines is 1. The van der Waals surface area contributed by atoms with Gasteiger partial charge in [-0.25, -0.2) is 0 Å². The van der Waals surface area contributed by atoms with Gasteiger partial charge < -0.3 is 10.4 Å². The molecule has 76 valence electrons. The lowest BCUT2D eigenvalue weighted by Crippen LogP contribution is -2.16. The fourth-order valence-electron chi connectivity index (χ4n) is 1.06. The van der Waals surface area contributed by atoms with Crippen LogP contribution in [0.25, 0.3) is 0 Å². The van der Waals surface area contributed by atoms with Gasteiger partial charge in [0.05, 0.1) is 17.1 Å². The molecule has 0 atom stereocenters. The average molecular weight is 197 g/mol. The van der Waals surface area contributed by atoms with Crippen molar-refractivity contribution in [2.24, 2.45) is 0 Å². The van der Waals surface area contributed by atoms with Crippen LogP contribution in [0.4, 0.5) is 5.69 Å². The van der Waals surface area contributed by atoms with E-state index in [4.69, 9.17) is 5.11 Å². The first kappa shape index (κ1) is 10.2. The standard InChI is InChI=1S/C8H11N3O3/c1-4-8(5(2)11-10-4)9-6(12)3-7(13)14/h3H2,1-2H3,(H,9,12)(H,10,11)(H,13,14). The number of nitrogens with zero attached hydrogens (tertiary/aromatic N) is 1. The number of rotatable bonds is 3. The number of aryl methyl sites for hydroxylation is 2. The van der Waals surface area contributed by atoms with E-state index in [-0.39, 0.29) is 0 Å². The van der Waals surface area contributed by atoms with Crippen LogP contribution in [0.1, 0.15) is 17.8 Å². The number of hydrogen-bond acceptors (Lipinski definition) is 3. The molecule has 1 aromatic rings. The maximum absolute atomic E-state index is 11.1. The second-order valence-corrected chi connectivity index (χ2v) is 2.93. The van der Waals surface area contributed by atoms with Crippen LogP contribution in [-0.2, 0) is 9.59 Å². The summed E-state index contributed by atoms with van der Waals surface area (Å²) in [5, 5.41) is 17.4. The molecule has 3 N–H and O–H groups in total. The van der Waals surface area contributed by atoms with Crippen LogP contribution in [0.2, 0.25) is 0 Å². The number of H-pyrrole nitrogens is 1. The normalized spacial score (nSPS) is 9.86. The summed E-state index contributed by atoms with van der Waals surface area (Å²) in [7, 11) is 0. The third kappa shape index (κ3) is 2.32. The Morgan fingerprint density at radius 1 is 1.50 bits per heavy atom. The highest BCUT2D eigenvalue weighted by molar-refractivity contribution is 6.01. The fourth-order valence-corrected chi connectivity index (χ4v) is 1.06. The van der Waals surface area contributed by atoms with Crippen LogP contribution < -0.4 is 5.32 Å². The SMILES string of the molecule is Cc1n[nH]c(C)c1NC(=O)CC(=O)O. The van der Waals surface area contributed by atoms with E-state index in [0.29, 0.717) is 17.1 Å². The maximum atomic E-state index is 11.1. The summed E-state index contributed by atoms with van der Waals surface area (Å²) in [6, 6.07) is 0. The van der Waals surface area contributed by atoms with Crippen molar-refractivity contribution in [2.45, 2.75) is 20.3 Å². The Labute approximate surface area is 80.3 Å². The molecule has 0 saturated carbocycles. The smallest absolute Gasteiger partial charge is 0.312 e. The van der Waals surface area contributed by atoms with Gasteiger partial charge in [-0.15, -0.1) is 0 Å². The Morgan fingerprint density at radius 3 is 2.57 bits per heavy atom. The van der Waals surface area contributed by atoms with Gasteiger partial charge in [0.25, 0.3) is 0 Å². The summed E-state index contributed by atoms with van der Waals surface area (Å²) in [6.45, 7) is 3.47. The molecule has 0 spiro atoms. The number of aliphatic carboxylic acids is 1. The maximum Gasteiger partial charge on any atom is 0.312 e. The summed E-state index contributed by atoms with van der Waals surface area (Å²) < 4.78 is 0. The van der Waals surface area contributed by atoms with Crippen molar-refractivity contribution in [3.63, 3.8) is 0 Å². The summed E-state index contributed by atoms with van der Waals surface area (Å²) in [4.78, 5) is 21.3. The highest BCUT2D eigenvalue weighted by Crippen LogP contribution is 2.15. The van der Waals surface area contributed by atoms with Crippen LogP contribution in [0.5, 0.6) is 0 Å². The predicted molar refractivity (Wildman–Crippen MR) is 48.9 cm³/mol. The van der Waals surface area contributed by atoms with Crippen LogP contribution in [-0.4, -0.2) is 27.2 Å². The highest BCUT2D eigenvalue weighted by atomic mass is 16.4. The van der Waals surface area contributed by atoms with Crippen LogP contribution in [0, 0.1) is 13.8 Å². The topological polar surface area (TPSA) is 95.1 Å². The lowest BCUT2D eigenvalue weighted by Gasteiger charge is -2.02. The summed E-state index contributed by atoms with van der Waals surface area (Å²) >= 11 is 0. The molecule has 1 aromatic heterocycles. The van der Waals surface area contributed by atoms with E-state index in [9.17, 15) is 9.59 Å². The molecule has 0 unspecified atom stereocenters. The molecule has 0 aliphatic rings. The van der Waals surface area contributed by atoms with Gasteiger partial charge in [-0.05, 0) is 13.8 Å². The molecule has 0 aliphatic carbocycles. The zero-order chi connectivity index (χ0) is 10.7. The molecule has 6 heteroatoms. The molecular formula is C8H11N3O3. The van der Waals surface area contributed by atoms with Gasteiger partial charge in [-0.2, -0.15) is 5.10 Å². The van der Waals surface area contributed by atoms with Gasteiger partial charge >= 0.3 is 5.97 Å². The van der Waals surface area contributed by atoms with E-state index in [0.717, 1.165) is 0 Å². The lowest BCUT2D eigenvalue weighted by atomic mass is 10.3. The van der Waals surface area contributed by atoms with E-state index < -0.39 is 18.3 Å². The zero-order valence-corrected chi connectivity index (χ0v) is 7.92. The average Bonchev–Trinajstić information content (AvgIpc) is 2.34. The number of carbonyl (C=O) groups is 2. The third-order valence-electron chi connectivity index (χ3n) is 1.70. The van der Waals surface area contributed by atoms with E-state index in [1.165, 1.54) is 0 Å². The van der Waals surface area contributed by atoms with Gasteiger partial charge in [0, 0.05) is 0 Å². The van der Waals surface area contributed by atoms with Crippen LogP contribution >= 0.6 is 0 Å². The minimum Gasteiger partial charge on any atom is -0.481 e. The third-order valence-corrected chi connectivity index (χ3v) is 1.70. The van der Waals surface area contributed by atoms with Crippen molar-refractivity contribution >= 4 is 17.6 Å². The number of anilines is 1. The molecular weight excluding hydrogens is 186 g/mol. The molecule has 0 bridgehead atoms. The van der Waals surface area contributed by atoms with Gasteiger partial charge in [-0.1, -0.05) is 0 Å². The van der Waals surface area contributed by atoms with Gasteiger partial charge in [0.1, 0.15) is 6.42 Å². The Hall–Kier alpha value is -1.85. The number of hydrogen-bond donors (Lipinski definition) is 3. The molecule has 1 amide bonds. The number of aromatic nitrogens is 2. The minimum atomic E-state index is -1.15. The van der Waals surface area contributed by atoms with Crippen LogP contribution in [0.15, 0.2) is 0 Å². The second-order valence-electron chi connectivity index (χ2n) is 2.93. The Morgan fingerprint density at radius 2 is 2.14 bits per heavy atom. The number of carboxylic acids is 1. The van der Waals surface area contributed by atoms with E-state index in [1.54, 1.807) is 13.8 Å². The number of carbonyl (C=O) groups excluding carboxylic acids is 1. The van der Waals surface area contributed by atoms with Crippen molar-refractivity contribution < 1.29 is 14.7 Å². The van der Waals surface area contributed by atoms with Crippen molar-refractivity contribution in [1.29, 1.82) is 0 Å². The monoisotopic (exact) mass is 197 g/mol. The van der Waals surface area contributed by atoms with Crippen molar-refractivity contribution in [2.75, 3.05) is 5.32 Å². The highest BCUT2D eigenvalue weighted by Gasteiger charge is 2.12. The summed E-state index contributed by atoms with van der Waals surface area (Å²) in [5.41, 5.74) is 1.90. The van der Waals surface area contributed by atoms with E-state index in [1.807, 2.05) is 0 Å². The molecule has 1 heterocycles. The molecule has 1 rings (SSSR count). The molecule has 0 fully saturated rings. The van der Waals surface area contributed by atoms with Gasteiger partial charge in [-0.3, -0.25) is 14.7 Å². The van der Waals surface area contributed by atoms with Crippen molar-refractivity contribution in [3.8, 4) is 0 Å². The number of amides is 1. The Kier molecular flexibility index (Phi) is 2.85. The quantitative estimate of drug-likeness (QED) is 0.612. The van der Waals surface area contributed by atoms with Crippen molar-refractivity contribution in [3.05, 3.63) is 11.4 Å². The zero-order valence-electron chi connectivity index (χ0n) is 7.92. The van der Waals surface area contributed by atoms with Gasteiger partial charge in [0.15, 0.2) is 0 Å². The molecule has 0 aromatic carbocycles. The van der Waals surface area contributed by atoms with Gasteiger partial charge in [0.2, 0.25) is 5.91 Å². The molecule has 0 saturated heterocycles. The molecule has 14 heavy (non-hydrogen) atoms. The second kappa shape index (κ2) is 3.91. The van der Waals surface area contributed by atoms with E-state index in [2.05, 4.69) is 15.5 Å². The summed E-state index contributed by atoms with van der Waals surface area (Å²) in [6.07, 6.45) is -0.538. The van der Waals surface area contributed by atoms with E-state index >= 15 is 0 Å². The fraction of sp³-hybridized carbons (Fsp3) is 0.375. The Bertz CT molecular complexity index is 350. The van der Waals surface area contributed by atoms with Crippen molar-refractivity contribution in [1.82, 2.24) is 10.2 Å². The van der Waals surface area contributed by atoms with Crippen LogP contribution in [0.3, 0.4) is 0 Å². The lowest BCUT2D eigenvalue weighted by molar-refractivity contribution is -0.139.